The van der Waals surface area contributed by atoms with Crippen molar-refractivity contribution in [1.82, 2.24) is 39.9 Å². The van der Waals surface area contributed by atoms with Crippen LogP contribution in [0.2, 0.25) is 0 Å². The number of aromatic nitrogens is 8. The molecule has 0 saturated heterocycles. The van der Waals surface area contributed by atoms with E-state index in [1.54, 1.807) is 0 Å². The first kappa shape index (κ1) is 90.7. The minimum atomic E-state index is -0.639. The van der Waals surface area contributed by atoms with E-state index in [0.29, 0.717) is 154 Å². The molecular weight excluding hydrogens is 1720 g/mol. The second kappa shape index (κ2) is 31.1. The first-order valence-corrected chi connectivity index (χ1v) is 43.5. The predicted molar refractivity (Wildman–Crippen MR) is 517 cm³/mol. The number of hydrogen-bond donors (Lipinski definition) is 4. The van der Waals surface area contributed by atoms with Crippen LogP contribution in [0.3, 0.4) is 0 Å². The summed E-state index contributed by atoms with van der Waals surface area (Å²) < 4.78 is 27.6. The number of nitrogens with zero attached hydrogens (tertiary/aromatic N) is 8. The van der Waals surface area contributed by atoms with Gasteiger partial charge in [-0.15, -0.1) is 0 Å². The van der Waals surface area contributed by atoms with Gasteiger partial charge >= 0.3 is 11.9 Å². The Hall–Kier alpha value is -12.6. The van der Waals surface area contributed by atoms with Crippen LogP contribution < -0.4 is 0 Å². The van der Waals surface area contributed by atoms with Crippen molar-refractivity contribution < 1.29 is 91.0 Å². The number of fused-ring (bicyclic) bond motifs is 24. The van der Waals surface area contributed by atoms with E-state index in [4.69, 9.17) is 57.5 Å². The molecule has 22 heteroatoms. The van der Waals surface area contributed by atoms with Crippen LogP contribution in [0.4, 0.5) is 0 Å². The van der Waals surface area contributed by atoms with Crippen molar-refractivity contribution in [2.45, 2.75) is 223 Å². The molecule has 0 spiro atoms. The van der Waals surface area contributed by atoms with Crippen molar-refractivity contribution in [3.05, 3.63) is 190 Å². The molecule has 20 rings (SSSR count). The summed E-state index contributed by atoms with van der Waals surface area (Å²) in [5, 5.41) is 60.9. The second-order valence-corrected chi connectivity index (χ2v) is 42.7. The minimum absolute atomic E-state index is 0. The molecule has 0 atom stereocenters. The van der Waals surface area contributed by atoms with E-state index in [-0.39, 0.29) is 99.9 Å². The molecule has 0 aliphatic heterocycles. The molecule has 0 aliphatic rings. The molecule has 20 nitrogen and oxygen atoms in total. The zero-order valence-electron chi connectivity index (χ0n) is 78.2. The normalized spacial score (nSPS) is 12.9. The van der Waals surface area contributed by atoms with E-state index in [9.17, 15) is 30.0 Å². The van der Waals surface area contributed by atoms with Gasteiger partial charge in [-0.25, -0.2) is 59.2 Å². The molecule has 10 heterocycles. The largest absolute Gasteiger partial charge is 0.506 e. The van der Waals surface area contributed by atoms with Gasteiger partial charge < -0.3 is 38.1 Å². The number of carbonyl (C=O) groups is 2. The molecular formula is C108H106Co2N8O12. The Labute approximate surface area is 771 Å². The number of oxazole rings is 4. The fraction of sp³-hybridized carbons (Fsp3) is 0.315. The quantitative estimate of drug-likeness (QED) is 0.0623. The topological polar surface area (TPSA) is 289 Å². The Bertz CT molecular complexity index is 7400. The van der Waals surface area contributed by atoms with Gasteiger partial charge in [0.25, 0.3) is 0 Å². The first-order valence-electron chi connectivity index (χ1n) is 43.5. The van der Waals surface area contributed by atoms with Crippen LogP contribution in [0.25, 0.3) is 198 Å². The van der Waals surface area contributed by atoms with Crippen molar-refractivity contribution in [2.75, 3.05) is 0 Å². The van der Waals surface area contributed by atoms with Crippen molar-refractivity contribution >= 4 is 210 Å². The molecule has 24 bridgehead atoms. The van der Waals surface area contributed by atoms with Gasteiger partial charge in [0, 0.05) is 124 Å². The number of hydrogen-bond acceptors (Lipinski definition) is 20. The van der Waals surface area contributed by atoms with E-state index < -0.39 is 11.9 Å². The summed E-state index contributed by atoms with van der Waals surface area (Å²) >= 11 is 0. The number of pyridine rings is 4. The Morgan fingerprint density at radius 3 is 0.608 bits per heavy atom. The maximum absolute atomic E-state index is 12.4. The number of phenolic OH excluding ortho intramolecular Hbond substituents is 4. The van der Waals surface area contributed by atoms with Crippen molar-refractivity contribution in [2.24, 2.45) is 0 Å². The van der Waals surface area contributed by atoms with Crippen LogP contribution in [0.15, 0.2) is 163 Å². The van der Waals surface area contributed by atoms with Crippen LogP contribution in [-0.4, -0.2) is 72.2 Å². The Morgan fingerprint density at radius 2 is 0.431 bits per heavy atom. The number of carbonyl (C=O) groups excluding carboxylic acids is 2. The zero-order chi connectivity index (χ0) is 91.7. The average Bonchev–Trinajstić information content (AvgIpc) is 1.55. The van der Waals surface area contributed by atoms with Crippen molar-refractivity contribution in [1.29, 1.82) is 0 Å². The van der Waals surface area contributed by atoms with Gasteiger partial charge in [-0.2, -0.15) is 0 Å². The monoisotopic (exact) mass is 1820 g/mol. The Morgan fingerprint density at radius 1 is 0.246 bits per heavy atom. The van der Waals surface area contributed by atoms with Crippen LogP contribution in [0, 0.1) is 0 Å². The SMILES string of the molecule is CC(=O)OOC(C)=O.CC(C)(C)c1cc2c(O)c(c1)c1nc3c(o1)c(C(C)(C)C)cc1cc(C(C)(C)C)c4oc(nc4c13)c1cc(C(C)(C)C)cc(c1O)c1ccc3ccc4ccc2nc4c3n1.CC(C)(C)c1cc2c(O)c(c1)c1nc3c(o1)c(C(C)(C)C)cc1cc(C(C)(C)C)c4oc(nc4c13)c1cc(C(C)(C)C)cc(c1O)c1ccc3ccc4ccc2nc4c3n1.[Co].[Co]. The summed E-state index contributed by atoms with van der Waals surface area (Å²) in [7, 11) is 0. The molecule has 0 saturated carbocycles. The van der Waals surface area contributed by atoms with Crippen molar-refractivity contribution in [3.8, 4) is 23.0 Å². The molecule has 0 fully saturated rings. The maximum atomic E-state index is 12.4. The third kappa shape index (κ3) is 15.7. The molecule has 0 amide bonds. The molecule has 4 N–H and O–H groups in total. The van der Waals surface area contributed by atoms with Gasteiger partial charge in [0.2, 0.25) is 22.9 Å². The maximum Gasteiger partial charge on any atom is 0.352 e. The summed E-state index contributed by atoms with van der Waals surface area (Å²) in [6.45, 7) is 54.1. The summed E-state index contributed by atoms with van der Waals surface area (Å²) in [5.41, 5.74) is 16.6. The molecule has 10 aromatic carbocycles. The first-order chi connectivity index (χ1) is 59.7. The summed E-state index contributed by atoms with van der Waals surface area (Å²) in [6, 6.07) is 48.8. The number of phenols is 4. The molecule has 0 aliphatic carbocycles. The van der Waals surface area contributed by atoms with Crippen LogP contribution in [-0.2, 0) is 96.2 Å². The third-order valence-electron chi connectivity index (χ3n) is 24.7. The smallest absolute Gasteiger partial charge is 0.352 e. The summed E-state index contributed by atoms with van der Waals surface area (Å²) in [6.07, 6.45) is 0. The van der Waals surface area contributed by atoms with Gasteiger partial charge in [-0.3, -0.25) is 0 Å². The van der Waals surface area contributed by atoms with Gasteiger partial charge in [-0.1, -0.05) is 215 Å². The molecule has 668 valence electrons. The van der Waals surface area contributed by atoms with Crippen LogP contribution >= 0.6 is 0 Å². The van der Waals surface area contributed by atoms with Crippen molar-refractivity contribution in [3.63, 3.8) is 0 Å². The third-order valence-corrected chi connectivity index (χ3v) is 24.7. The van der Waals surface area contributed by atoms with Gasteiger partial charge in [0.05, 0.1) is 65.7 Å². The van der Waals surface area contributed by atoms with E-state index in [2.05, 4.69) is 200 Å². The Balaban J connectivity index is 0.000000173. The summed E-state index contributed by atoms with van der Waals surface area (Å²) in [5.74, 6) is -1.19. The van der Waals surface area contributed by atoms with E-state index >= 15 is 0 Å². The molecule has 0 unspecified atom stereocenters. The fourth-order valence-corrected chi connectivity index (χ4v) is 17.4. The average molecular weight is 1830 g/mol. The number of rotatable bonds is 0. The zero-order valence-corrected chi connectivity index (χ0v) is 80.2. The molecule has 130 heavy (non-hydrogen) atoms. The summed E-state index contributed by atoms with van der Waals surface area (Å²) in [4.78, 5) is 69.6. The molecule has 10 aromatic heterocycles. The fourth-order valence-electron chi connectivity index (χ4n) is 17.4. The number of benzene rings is 10. The van der Waals surface area contributed by atoms with E-state index in [1.165, 1.54) is 0 Å². The minimum Gasteiger partial charge on any atom is -0.506 e. The van der Waals surface area contributed by atoms with E-state index in [0.717, 1.165) is 101 Å². The van der Waals surface area contributed by atoms with Crippen LogP contribution in [0.5, 0.6) is 23.0 Å². The van der Waals surface area contributed by atoms with E-state index in [1.807, 2.05) is 121 Å². The van der Waals surface area contributed by atoms with Crippen LogP contribution in [0.1, 0.15) is 225 Å². The number of aromatic hydroxyl groups is 4. The second-order valence-electron chi connectivity index (χ2n) is 42.7. The molecule has 2 radical (unpaired) electrons. The standard InChI is InChI=1S/2C52H50N4O4.C4H6O4.2Co/c2*1-49(2,3)28-21-30-36-17-15-25-13-14-26-16-18-37(54-40(26)39(25)53-36)31-22-29(50(4,5)6)24-33(44(31)58)48-56-42-38-27(20-35(46(42)60-48)52(10,11)12)19-34(51(7,8)9)45-41(38)55-47(59-45)32(23-28)43(30)57;1-3(5)7-8-4(2)6;;/h2*13-24,57-58H,1-12H3;1-2H3;;. The molecule has 20 aromatic rings. The van der Waals surface area contributed by atoms with Gasteiger partial charge in [0.1, 0.15) is 45.1 Å². The Kier molecular flexibility index (Phi) is 21.7. The van der Waals surface area contributed by atoms with Gasteiger partial charge in [0.15, 0.2) is 22.3 Å². The predicted octanol–water partition coefficient (Wildman–Crippen LogP) is 28.0. The van der Waals surface area contributed by atoms with Gasteiger partial charge in [-0.05, 0) is 173 Å².